The Morgan fingerprint density at radius 1 is 1.12 bits per heavy atom. The van der Waals surface area contributed by atoms with Crippen LogP contribution in [-0.4, -0.2) is 67.6 Å². The highest BCUT2D eigenvalue weighted by Gasteiger charge is 2.37. The summed E-state index contributed by atoms with van der Waals surface area (Å²) in [6.07, 6.45) is 3.91. The van der Waals surface area contributed by atoms with Crippen LogP contribution in [0.1, 0.15) is 32.1 Å². The van der Waals surface area contributed by atoms with Crippen molar-refractivity contribution < 1.29 is 28.8 Å². The third kappa shape index (κ3) is 7.11. The number of aryl methyl sites for hydroxylation is 1. The Morgan fingerprint density at radius 3 is 2.56 bits per heavy atom. The number of carbonyl (C=O) groups excluding carboxylic acids is 3. The van der Waals surface area contributed by atoms with Crippen molar-refractivity contribution in [1.82, 2.24) is 24.6 Å². The zero-order chi connectivity index (χ0) is 31.1. The van der Waals surface area contributed by atoms with Crippen LogP contribution < -0.4 is 10.1 Å². The minimum atomic E-state index is -1.23. The molecule has 1 aromatic carbocycles. The fourth-order valence-electron chi connectivity index (χ4n) is 4.27. The molecule has 1 atom stereocenters. The van der Waals surface area contributed by atoms with Crippen LogP contribution in [-0.2, 0) is 29.5 Å². The van der Waals surface area contributed by atoms with E-state index in [1.165, 1.54) is 51.9 Å². The monoisotopic (exact) mass is 607 g/mol. The number of rotatable bonds is 11. The lowest BCUT2D eigenvalue weighted by Crippen LogP contribution is -2.47. The number of aromatic nitrogens is 4. The third-order valence-electron chi connectivity index (χ3n) is 6.40. The van der Waals surface area contributed by atoms with Gasteiger partial charge < -0.3 is 19.7 Å². The van der Waals surface area contributed by atoms with Crippen molar-refractivity contribution in [3.63, 3.8) is 0 Å². The van der Waals surface area contributed by atoms with E-state index >= 15 is 0 Å². The Labute approximate surface area is 250 Å². The minimum absolute atomic E-state index is 0.0489. The van der Waals surface area contributed by atoms with Crippen molar-refractivity contribution in [2.24, 2.45) is 7.05 Å². The van der Waals surface area contributed by atoms with Gasteiger partial charge in [0, 0.05) is 44.2 Å². The second kappa shape index (κ2) is 13.5. The van der Waals surface area contributed by atoms with Gasteiger partial charge >= 0.3 is 11.7 Å². The van der Waals surface area contributed by atoms with Crippen molar-refractivity contribution in [2.45, 2.75) is 19.0 Å². The summed E-state index contributed by atoms with van der Waals surface area (Å²) in [4.78, 5) is 60.4. The quantitative estimate of drug-likeness (QED) is 0.151. The summed E-state index contributed by atoms with van der Waals surface area (Å²) in [5.74, 6) is -1.42. The van der Waals surface area contributed by atoms with Gasteiger partial charge in [-0.05, 0) is 35.9 Å². The average molecular weight is 608 g/mol. The summed E-state index contributed by atoms with van der Waals surface area (Å²) < 4.78 is 11.2. The zero-order valence-electron chi connectivity index (χ0n) is 23.3. The number of methoxy groups -OCH3 is 2. The van der Waals surface area contributed by atoms with Crippen LogP contribution in [0.4, 0.5) is 11.5 Å². The van der Waals surface area contributed by atoms with Crippen LogP contribution in [0.25, 0.3) is 0 Å². The number of benzene rings is 1. The maximum absolute atomic E-state index is 13.9. The van der Waals surface area contributed by atoms with Crippen molar-refractivity contribution in [1.29, 1.82) is 0 Å². The Bertz CT molecular complexity index is 1660. The van der Waals surface area contributed by atoms with Gasteiger partial charge in [-0.3, -0.25) is 29.4 Å². The van der Waals surface area contributed by atoms with Gasteiger partial charge in [-0.2, -0.15) is 5.10 Å². The lowest BCUT2D eigenvalue weighted by atomic mass is 10.1. The summed E-state index contributed by atoms with van der Waals surface area (Å²) in [7, 11) is 4.04. The summed E-state index contributed by atoms with van der Waals surface area (Å²) in [6, 6.07) is 11.5. The first-order valence-electron chi connectivity index (χ1n) is 12.7. The maximum Gasteiger partial charge on any atom is 0.329 e. The lowest BCUT2D eigenvalue weighted by molar-refractivity contribution is -0.385. The largest absolute Gasteiger partial charge is 0.497 e. The number of esters is 1. The van der Waals surface area contributed by atoms with E-state index < -0.39 is 34.4 Å². The Balaban J connectivity index is 1.70. The van der Waals surface area contributed by atoms with Gasteiger partial charge in [0.25, 0.3) is 11.8 Å². The SMILES string of the molecule is COC(=O)[C@@H](Cc1ccccn1)N(Cc1ccc(C(=O)Nc2cc(OC)ccn2)c(Cl)c1)C(=O)c1c([N+](=O)[O-])cnn1C. The van der Waals surface area contributed by atoms with E-state index in [2.05, 4.69) is 20.4 Å². The van der Waals surface area contributed by atoms with E-state index in [0.717, 1.165) is 15.8 Å². The van der Waals surface area contributed by atoms with Gasteiger partial charge in [0.2, 0.25) is 5.69 Å². The molecule has 4 aromatic rings. The van der Waals surface area contributed by atoms with Crippen LogP contribution in [0.2, 0.25) is 5.02 Å². The molecule has 0 saturated carbocycles. The van der Waals surface area contributed by atoms with Crippen LogP contribution in [0.5, 0.6) is 5.75 Å². The Hall–Kier alpha value is -5.37. The molecule has 0 fully saturated rings. The van der Waals surface area contributed by atoms with E-state index in [1.54, 1.807) is 30.3 Å². The molecular formula is C28H26ClN7O7. The molecule has 0 aliphatic heterocycles. The molecule has 0 aliphatic carbocycles. The zero-order valence-corrected chi connectivity index (χ0v) is 24.0. The van der Waals surface area contributed by atoms with Gasteiger partial charge in [0.15, 0.2) is 0 Å². The summed E-state index contributed by atoms with van der Waals surface area (Å²) in [5.41, 5.74) is 0.150. The number of hydrogen-bond donors (Lipinski definition) is 1. The fourth-order valence-corrected chi connectivity index (χ4v) is 4.56. The van der Waals surface area contributed by atoms with Crippen molar-refractivity contribution in [3.8, 4) is 5.75 Å². The van der Waals surface area contributed by atoms with Crippen molar-refractivity contribution in [2.75, 3.05) is 19.5 Å². The highest BCUT2D eigenvalue weighted by molar-refractivity contribution is 6.34. The molecule has 1 N–H and O–H groups in total. The van der Waals surface area contributed by atoms with Crippen molar-refractivity contribution in [3.05, 3.63) is 105 Å². The molecule has 0 radical (unpaired) electrons. The first kappa shape index (κ1) is 30.6. The van der Waals surface area contributed by atoms with Crippen LogP contribution in [0.15, 0.2) is 67.1 Å². The van der Waals surface area contributed by atoms with Crippen LogP contribution >= 0.6 is 11.6 Å². The number of pyridine rings is 2. The summed E-state index contributed by atoms with van der Waals surface area (Å²) in [6.45, 7) is -0.229. The molecule has 0 saturated heterocycles. The normalized spacial score (nSPS) is 11.3. The number of hydrogen-bond acceptors (Lipinski definition) is 10. The number of nitrogens with zero attached hydrogens (tertiary/aromatic N) is 6. The van der Waals surface area contributed by atoms with E-state index in [1.807, 2.05) is 0 Å². The Morgan fingerprint density at radius 2 is 1.91 bits per heavy atom. The molecule has 0 bridgehead atoms. The number of nitrogens with one attached hydrogen (secondary N) is 1. The molecule has 0 spiro atoms. The smallest absolute Gasteiger partial charge is 0.329 e. The van der Waals surface area contributed by atoms with Crippen LogP contribution in [0.3, 0.4) is 0 Å². The van der Waals surface area contributed by atoms with Gasteiger partial charge in [-0.25, -0.2) is 9.78 Å². The number of halogens is 1. The van der Waals surface area contributed by atoms with Gasteiger partial charge in [0.05, 0.1) is 29.7 Å². The second-order valence-corrected chi connectivity index (χ2v) is 9.51. The molecule has 3 aromatic heterocycles. The standard InChI is InChI=1S/C28H26ClN7O7/c1-34-25(23(15-32-34)36(40)41)27(38)35(22(28(39)43-3)13-18-6-4-5-10-30-18)16-17-7-8-20(21(29)12-17)26(37)33-24-14-19(42-2)9-11-31-24/h4-12,14-15,22H,13,16H2,1-3H3,(H,31,33,37)/t22-/m1/s1. The predicted octanol–water partition coefficient (Wildman–Crippen LogP) is 3.46. The first-order valence-corrected chi connectivity index (χ1v) is 13.1. The minimum Gasteiger partial charge on any atom is -0.497 e. The highest BCUT2D eigenvalue weighted by Crippen LogP contribution is 2.26. The fraction of sp³-hybridized carbons (Fsp3) is 0.214. The molecule has 15 heteroatoms. The second-order valence-electron chi connectivity index (χ2n) is 9.11. The maximum atomic E-state index is 13.9. The lowest BCUT2D eigenvalue weighted by Gasteiger charge is -2.30. The summed E-state index contributed by atoms with van der Waals surface area (Å²) >= 11 is 6.49. The molecule has 3 heterocycles. The molecule has 43 heavy (non-hydrogen) atoms. The number of nitro groups is 1. The van der Waals surface area contributed by atoms with E-state index in [9.17, 15) is 24.5 Å². The number of ether oxygens (including phenoxy) is 2. The average Bonchev–Trinajstić information content (AvgIpc) is 3.40. The number of carbonyl (C=O) groups is 3. The molecular weight excluding hydrogens is 582 g/mol. The van der Waals surface area contributed by atoms with E-state index in [4.69, 9.17) is 21.1 Å². The third-order valence-corrected chi connectivity index (χ3v) is 6.71. The number of anilines is 1. The molecule has 0 unspecified atom stereocenters. The molecule has 4 rings (SSSR count). The van der Waals surface area contributed by atoms with E-state index in [0.29, 0.717) is 17.0 Å². The van der Waals surface area contributed by atoms with Gasteiger partial charge in [0.1, 0.15) is 23.8 Å². The van der Waals surface area contributed by atoms with Gasteiger partial charge in [-0.15, -0.1) is 0 Å². The van der Waals surface area contributed by atoms with E-state index in [-0.39, 0.29) is 35.1 Å². The van der Waals surface area contributed by atoms with Crippen LogP contribution in [0, 0.1) is 10.1 Å². The number of amides is 2. The predicted molar refractivity (Wildman–Crippen MR) is 154 cm³/mol. The highest BCUT2D eigenvalue weighted by atomic mass is 35.5. The Kier molecular flexibility index (Phi) is 9.62. The molecule has 14 nitrogen and oxygen atoms in total. The summed E-state index contributed by atoms with van der Waals surface area (Å²) in [5, 5.41) is 18.3. The topological polar surface area (TPSA) is 172 Å². The first-order chi connectivity index (χ1) is 20.6. The molecule has 2 amide bonds. The molecule has 222 valence electrons. The van der Waals surface area contributed by atoms with Crippen molar-refractivity contribution >= 4 is 40.9 Å². The van der Waals surface area contributed by atoms with Gasteiger partial charge in [-0.1, -0.05) is 23.7 Å². The molecule has 0 aliphatic rings.